The van der Waals surface area contributed by atoms with Crippen molar-refractivity contribution < 1.29 is 14.3 Å². The molecule has 0 atom stereocenters. The van der Waals surface area contributed by atoms with Crippen LogP contribution in [0.25, 0.3) is 0 Å². The molecule has 0 N–H and O–H groups in total. The molecule has 0 spiro atoms. The van der Waals surface area contributed by atoms with Gasteiger partial charge in [-0.1, -0.05) is 24.1 Å². The van der Waals surface area contributed by atoms with Gasteiger partial charge in [0, 0.05) is 28.3 Å². The van der Waals surface area contributed by atoms with Gasteiger partial charge in [-0.25, -0.2) is 4.79 Å². The third-order valence-corrected chi connectivity index (χ3v) is 2.25. The fraction of sp³-hybridized carbons (Fsp3) is 0.167. The minimum Gasteiger partial charge on any atom is -0.441 e. The number of nitrogens with zero attached hydrogens (tertiary/aromatic N) is 1. The third-order valence-electron chi connectivity index (χ3n) is 1.87. The Bertz CT molecular complexity index is 436. The molecular weight excluding hydrogens is 333 g/mol. The van der Waals surface area contributed by atoms with E-state index in [4.69, 9.17) is 4.74 Å². The summed E-state index contributed by atoms with van der Waals surface area (Å²) < 4.78 is 7.43. The molecule has 88 valence electrons. The standard InChI is InChI=1S/C12H10INO3/c13-7-4-8-14(12(16)17-10-9-15)11-5-2-1-3-6-11/h1-3,5-6,9H,8,10H2. The van der Waals surface area contributed by atoms with Crippen LogP contribution in [0, 0.1) is 9.85 Å². The number of anilines is 1. The number of rotatable bonds is 4. The molecule has 0 aliphatic rings. The molecular formula is C12H10INO3. The summed E-state index contributed by atoms with van der Waals surface area (Å²) in [6, 6.07) is 9.02. The minimum atomic E-state index is -0.581. The normalized spacial score (nSPS) is 8.76. The van der Waals surface area contributed by atoms with Crippen LogP contribution >= 0.6 is 22.6 Å². The van der Waals surface area contributed by atoms with Crippen LogP contribution in [0.5, 0.6) is 0 Å². The van der Waals surface area contributed by atoms with Crippen LogP contribution < -0.4 is 4.90 Å². The number of para-hydroxylation sites is 1. The van der Waals surface area contributed by atoms with Crippen LogP contribution in [-0.2, 0) is 9.53 Å². The molecule has 0 fully saturated rings. The molecule has 1 aromatic carbocycles. The Kier molecular flexibility index (Phi) is 6.10. The molecule has 0 unspecified atom stereocenters. The Morgan fingerprint density at radius 1 is 1.41 bits per heavy atom. The fourth-order valence-corrected chi connectivity index (χ4v) is 1.33. The first-order valence-electron chi connectivity index (χ1n) is 4.81. The van der Waals surface area contributed by atoms with Crippen molar-refractivity contribution in [3.8, 4) is 9.85 Å². The van der Waals surface area contributed by atoms with Crippen molar-refractivity contribution in [3.05, 3.63) is 30.3 Å². The van der Waals surface area contributed by atoms with E-state index in [1.165, 1.54) is 4.90 Å². The van der Waals surface area contributed by atoms with Crippen molar-refractivity contribution in [1.29, 1.82) is 0 Å². The molecule has 0 saturated carbocycles. The number of ether oxygens (including phenoxy) is 1. The highest BCUT2D eigenvalue weighted by Crippen LogP contribution is 2.13. The zero-order chi connectivity index (χ0) is 12.5. The van der Waals surface area contributed by atoms with Crippen LogP contribution in [0.15, 0.2) is 30.3 Å². The second kappa shape index (κ2) is 7.68. The largest absolute Gasteiger partial charge is 0.441 e. The minimum absolute atomic E-state index is 0.227. The number of carbonyl (C=O) groups excluding carboxylic acids is 2. The van der Waals surface area contributed by atoms with E-state index in [1.807, 2.05) is 40.8 Å². The van der Waals surface area contributed by atoms with Crippen molar-refractivity contribution in [2.45, 2.75) is 0 Å². The Labute approximate surface area is 113 Å². The second-order valence-corrected chi connectivity index (χ2v) is 3.48. The van der Waals surface area contributed by atoms with Gasteiger partial charge < -0.3 is 4.74 Å². The molecule has 0 aliphatic heterocycles. The lowest BCUT2D eigenvalue weighted by Gasteiger charge is -2.18. The predicted molar refractivity (Wildman–Crippen MR) is 73.0 cm³/mol. The molecule has 1 aromatic rings. The van der Waals surface area contributed by atoms with Gasteiger partial charge in [-0.15, -0.1) is 0 Å². The highest BCUT2D eigenvalue weighted by Gasteiger charge is 2.15. The number of amides is 1. The SMILES string of the molecule is O=CCOC(=O)N(CC#CI)c1ccccc1. The molecule has 17 heavy (non-hydrogen) atoms. The predicted octanol–water partition coefficient (Wildman–Crippen LogP) is 2.22. The van der Waals surface area contributed by atoms with Crippen molar-refractivity contribution >= 4 is 40.7 Å². The average Bonchev–Trinajstić information content (AvgIpc) is 2.38. The van der Waals surface area contributed by atoms with E-state index in [2.05, 4.69) is 9.85 Å². The number of hydrogen-bond acceptors (Lipinski definition) is 3. The molecule has 0 aromatic heterocycles. The number of halogens is 1. The van der Waals surface area contributed by atoms with E-state index in [0.717, 1.165) is 0 Å². The maximum Gasteiger partial charge on any atom is 0.415 e. The molecule has 5 heteroatoms. The van der Waals surface area contributed by atoms with Crippen molar-refractivity contribution in [1.82, 2.24) is 0 Å². The summed E-state index contributed by atoms with van der Waals surface area (Å²) in [6.07, 6.45) is -0.0482. The second-order valence-electron chi connectivity index (χ2n) is 2.94. The van der Waals surface area contributed by atoms with E-state index >= 15 is 0 Å². The summed E-state index contributed by atoms with van der Waals surface area (Å²) in [6.45, 7) is -0.0233. The van der Waals surface area contributed by atoms with Gasteiger partial charge >= 0.3 is 6.09 Å². The van der Waals surface area contributed by atoms with E-state index in [1.54, 1.807) is 12.1 Å². The van der Waals surface area contributed by atoms with Gasteiger partial charge in [-0.3, -0.25) is 9.69 Å². The molecule has 1 rings (SSSR count). The van der Waals surface area contributed by atoms with Crippen LogP contribution in [0.4, 0.5) is 10.5 Å². The van der Waals surface area contributed by atoms with Crippen LogP contribution in [0.1, 0.15) is 0 Å². The fourth-order valence-electron chi connectivity index (χ4n) is 1.16. The molecule has 0 heterocycles. The van der Waals surface area contributed by atoms with Crippen molar-refractivity contribution in [3.63, 3.8) is 0 Å². The summed E-state index contributed by atoms with van der Waals surface area (Å²) >= 11 is 1.90. The maximum atomic E-state index is 11.7. The number of hydrogen-bond donors (Lipinski definition) is 0. The lowest BCUT2D eigenvalue weighted by atomic mass is 10.3. The van der Waals surface area contributed by atoms with E-state index in [9.17, 15) is 9.59 Å². The monoisotopic (exact) mass is 343 g/mol. The summed E-state index contributed by atoms with van der Waals surface area (Å²) in [5, 5.41) is 0. The Morgan fingerprint density at radius 2 is 2.12 bits per heavy atom. The smallest absolute Gasteiger partial charge is 0.415 e. The van der Waals surface area contributed by atoms with Crippen molar-refractivity contribution in [2.24, 2.45) is 0 Å². The van der Waals surface area contributed by atoms with E-state index in [-0.39, 0.29) is 13.2 Å². The lowest BCUT2D eigenvalue weighted by molar-refractivity contribution is -0.110. The Balaban J connectivity index is 2.82. The van der Waals surface area contributed by atoms with Gasteiger partial charge in [0.2, 0.25) is 0 Å². The maximum absolute atomic E-state index is 11.7. The quantitative estimate of drug-likeness (QED) is 0.479. The molecule has 0 bridgehead atoms. The van der Waals surface area contributed by atoms with Crippen molar-refractivity contribution in [2.75, 3.05) is 18.1 Å². The Morgan fingerprint density at radius 3 is 2.71 bits per heavy atom. The topological polar surface area (TPSA) is 46.6 Å². The molecule has 0 aliphatic carbocycles. The summed E-state index contributed by atoms with van der Waals surface area (Å²) in [5.74, 6) is 2.78. The van der Waals surface area contributed by atoms with E-state index in [0.29, 0.717) is 12.0 Å². The first-order valence-corrected chi connectivity index (χ1v) is 5.89. The first-order chi connectivity index (χ1) is 8.29. The lowest BCUT2D eigenvalue weighted by Crippen LogP contribution is -2.32. The van der Waals surface area contributed by atoms with Gasteiger partial charge in [0.15, 0.2) is 6.29 Å². The highest BCUT2D eigenvalue weighted by atomic mass is 127. The van der Waals surface area contributed by atoms with Gasteiger partial charge in [0.1, 0.15) is 6.61 Å². The van der Waals surface area contributed by atoms with E-state index < -0.39 is 6.09 Å². The van der Waals surface area contributed by atoms with Crippen LogP contribution in [0.2, 0.25) is 0 Å². The van der Waals surface area contributed by atoms with Crippen LogP contribution in [0.3, 0.4) is 0 Å². The summed E-state index contributed by atoms with van der Waals surface area (Å²) in [5.41, 5.74) is 0.683. The summed E-state index contributed by atoms with van der Waals surface area (Å²) in [4.78, 5) is 23.2. The van der Waals surface area contributed by atoms with Gasteiger partial charge in [0.25, 0.3) is 0 Å². The molecule has 4 nitrogen and oxygen atoms in total. The third kappa shape index (κ3) is 4.44. The summed E-state index contributed by atoms with van der Waals surface area (Å²) in [7, 11) is 0. The average molecular weight is 343 g/mol. The highest BCUT2D eigenvalue weighted by molar-refractivity contribution is 14.1. The molecule has 0 saturated heterocycles. The van der Waals surface area contributed by atoms with Gasteiger partial charge in [-0.2, -0.15) is 0 Å². The number of aldehydes is 1. The zero-order valence-electron chi connectivity index (χ0n) is 8.93. The zero-order valence-corrected chi connectivity index (χ0v) is 11.1. The van der Waals surface area contributed by atoms with Gasteiger partial charge in [0.05, 0.1) is 6.54 Å². The molecule has 0 radical (unpaired) electrons. The van der Waals surface area contributed by atoms with Crippen LogP contribution in [-0.4, -0.2) is 25.5 Å². The number of benzene rings is 1. The van der Waals surface area contributed by atoms with Gasteiger partial charge in [-0.05, 0) is 16.1 Å². The molecule has 1 amide bonds. The number of carbonyl (C=O) groups is 2. The Hall–Kier alpha value is -1.55. The first kappa shape index (κ1) is 13.5.